The molecule has 2 heterocycles. The maximum Gasteiger partial charge on any atom is 0.230 e. The van der Waals surface area contributed by atoms with E-state index >= 15 is 0 Å². The quantitative estimate of drug-likeness (QED) is 0.792. The number of carbonyl (C=O) groups is 1. The van der Waals surface area contributed by atoms with Crippen LogP contribution in [-0.4, -0.2) is 21.6 Å². The van der Waals surface area contributed by atoms with Crippen LogP contribution in [0.3, 0.4) is 0 Å². The zero-order valence-electron chi connectivity index (χ0n) is 9.22. The van der Waals surface area contributed by atoms with Crippen LogP contribution in [0.1, 0.15) is 5.56 Å². The van der Waals surface area contributed by atoms with Gasteiger partial charge in [0.15, 0.2) is 0 Å². The van der Waals surface area contributed by atoms with E-state index in [9.17, 15) is 4.79 Å². The van der Waals surface area contributed by atoms with Crippen molar-refractivity contribution in [3.63, 3.8) is 0 Å². The van der Waals surface area contributed by atoms with E-state index in [1.165, 1.54) is 11.8 Å². The lowest BCUT2D eigenvalue weighted by Gasteiger charge is -2.03. The van der Waals surface area contributed by atoms with Gasteiger partial charge < -0.3 is 10.3 Å². The first-order chi connectivity index (χ1) is 8.34. The lowest BCUT2D eigenvalue weighted by molar-refractivity contribution is -0.118. The smallest absolute Gasteiger partial charge is 0.230 e. The average Bonchev–Trinajstić information content (AvgIpc) is 2.88. The Morgan fingerprint density at radius 3 is 2.88 bits per heavy atom. The molecule has 4 nitrogen and oxygen atoms in total. The van der Waals surface area contributed by atoms with E-state index in [1.54, 1.807) is 12.4 Å². The van der Waals surface area contributed by atoms with Crippen LogP contribution >= 0.6 is 11.8 Å². The number of rotatable bonds is 5. The zero-order valence-corrected chi connectivity index (χ0v) is 10.0. The minimum absolute atomic E-state index is 0.0352. The van der Waals surface area contributed by atoms with Gasteiger partial charge in [-0.1, -0.05) is 0 Å². The van der Waals surface area contributed by atoms with Crippen LogP contribution in [0.4, 0.5) is 0 Å². The molecule has 0 unspecified atom stereocenters. The molecule has 0 saturated heterocycles. The summed E-state index contributed by atoms with van der Waals surface area (Å²) in [6, 6.07) is 5.73. The molecular weight excluding hydrogens is 234 g/mol. The van der Waals surface area contributed by atoms with Crippen molar-refractivity contribution in [2.75, 3.05) is 5.75 Å². The predicted molar refractivity (Wildman–Crippen MR) is 67.6 cm³/mol. The molecule has 0 atom stereocenters. The van der Waals surface area contributed by atoms with Crippen LogP contribution < -0.4 is 5.32 Å². The number of aromatic nitrogens is 2. The third kappa shape index (κ3) is 3.96. The minimum Gasteiger partial charge on any atom is -0.367 e. The average molecular weight is 247 g/mol. The maximum atomic E-state index is 11.6. The molecule has 1 amide bonds. The Morgan fingerprint density at radius 1 is 1.35 bits per heavy atom. The molecule has 0 aliphatic heterocycles. The van der Waals surface area contributed by atoms with Crippen molar-refractivity contribution >= 4 is 17.7 Å². The van der Waals surface area contributed by atoms with Crippen LogP contribution in [0.2, 0.25) is 0 Å². The number of thioether (sulfide) groups is 1. The van der Waals surface area contributed by atoms with E-state index < -0.39 is 0 Å². The molecule has 17 heavy (non-hydrogen) atoms. The van der Waals surface area contributed by atoms with E-state index in [-0.39, 0.29) is 5.91 Å². The highest BCUT2D eigenvalue weighted by molar-refractivity contribution is 8.00. The molecule has 0 saturated carbocycles. The van der Waals surface area contributed by atoms with Crippen molar-refractivity contribution in [3.05, 3.63) is 48.5 Å². The number of amides is 1. The van der Waals surface area contributed by atoms with E-state index in [0.717, 1.165) is 10.5 Å². The molecule has 0 aromatic carbocycles. The number of hydrogen-bond donors (Lipinski definition) is 2. The summed E-state index contributed by atoms with van der Waals surface area (Å²) in [6.45, 7) is 0.569. The fourth-order valence-corrected chi connectivity index (χ4v) is 2.02. The molecular formula is C12H13N3OS. The number of H-pyrrole nitrogens is 1. The van der Waals surface area contributed by atoms with Crippen molar-refractivity contribution in [2.24, 2.45) is 0 Å². The first-order valence-corrected chi connectivity index (χ1v) is 6.24. The standard InChI is InChI=1S/C12H13N3OS/c16-12(15-8-10-1-4-14-7-10)9-17-11-2-5-13-6-3-11/h1-7,14H,8-9H2,(H,15,16). The predicted octanol–water partition coefficient (Wildman–Crippen LogP) is 1.82. The van der Waals surface area contributed by atoms with Gasteiger partial charge in [-0.15, -0.1) is 11.8 Å². The van der Waals surface area contributed by atoms with Crippen molar-refractivity contribution < 1.29 is 4.79 Å². The molecule has 0 radical (unpaired) electrons. The van der Waals surface area contributed by atoms with Gasteiger partial charge in [0.25, 0.3) is 0 Å². The van der Waals surface area contributed by atoms with Crippen LogP contribution in [0.25, 0.3) is 0 Å². The van der Waals surface area contributed by atoms with E-state index in [0.29, 0.717) is 12.3 Å². The fourth-order valence-electron chi connectivity index (χ4n) is 1.30. The summed E-state index contributed by atoms with van der Waals surface area (Å²) in [5, 5.41) is 2.86. The van der Waals surface area contributed by atoms with Crippen molar-refractivity contribution in [1.82, 2.24) is 15.3 Å². The van der Waals surface area contributed by atoms with Gasteiger partial charge in [-0.3, -0.25) is 9.78 Å². The van der Waals surface area contributed by atoms with Gasteiger partial charge >= 0.3 is 0 Å². The topological polar surface area (TPSA) is 57.8 Å². The molecule has 0 aliphatic rings. The van der Waals surface area contributed by atoms with Crippen molar-refractivity contribution in [3.8, 4) is 0 Å². The first-order valence-electron chi connectivity index (χ1n) is 5.26. The molecule has 2 N–H and O–H groups in total. The second-order valence-electron chi connectivity index (χ2n) is 3.47. The molecule has 5 heteroatoms. The highest BCUT2D eigenvalue weighted by atomic mass is 32.2. The Balaban J connectivity index is 1.71. The summed E-state index contributed by atoms with van der Waals surface area (Å²) >= 11 is 1.51. The van der Waals surface area contributed by atoms with Crippen molar-refractivity contribution in [1.29, 1.82) is 0 Å². The van der Waals surface area contributed by atoms with E-state index in [2.05, 4.69) is 15.3 Å². The molecule has 2 aromatic rings. The number of nitrogens with zero attached hydrogens (tertiary/aromatic N) is 1. The van der Waals surface area contributed by atoms with Gasteiger partial charge in [0, 0.05) is 36.2 Å². The Bertz CT molecular complexity index is 456. The Labute approximate surface area is 104 Å². The number of aromatic amines is 1. The normalized spacial score (nSPS) is 10.1. The Morgan fingerprint density at radius 2 is 2.18 bits per heavy atom. The number of carbonyl (C=O) groups excluding carboxylic acids is 1. The number of pyridine rings is 1. The van der Waals surface area contributed by atoms with Gasteiger partial charge in [-0.2, -0.15) is 0 Å². The molecule has 2 rings (SSSR count). The molecule has 0 spiro atoms. The van der Waals surface area contributed by atoms with Crippen LogP contribution in [-0.2, 0) is 11.3 Å². The Kier molecular flexibility index (Phi) is 4.21. The largest absolute Gasteiger partial charge is 0.367 e. The zero-order chi connectivity index (χ0) is 11.9. The maximum absolute atomic E-state index is 11.6. The van der Waals surface area contributed by atoms with Gasteiger partial charge in [0.2, 0.25) is 5.91 Å². The lowest BCUT2D eigenvalue weighted by atomic mass is 10.3. The van der Waals surface area contributed by atoms with Gasteiger partial charge in [-0.25, -0.2) is 0 Å². The number of hydrogen-bond acceptors (Lipinski definition) is 3. The second kappa shape index (κ2) is 6.10. The lowest BCUT2D eigenvalue weighted by Crippen LogP contribution is -2.24. The van der Waals surface area contributed by atoms with Crippen molar-refractivity contribution in [2.45, 2.75) is 11.4 Å². The molecule has 0 bridgehead atoms. The molecule has 88 valence electrons. The summed E-state index contributed by atoms with van der Waals surface area (Å²) in [5.41, 5.74) is 1.08. The van der Waals surface area contributed by atoms with Gasteiger partial charge in [-0.05, 0) is 23.8 Å². The number of nitrogens with one attached hydrogen (secondary N) is 2. The minimum atomic E-state index is 0.0352. The molecule has 2 aromatic heterocycles. The first kappa shape index (κ1) is 11.7. The summed E-state index contributed by atoms with van der Waals surface area (Å²) in [5.74, 6) is 0.460. The fraction of sp³-hybridized carbons (Fsp3) is 0.167. The van der Waals surface area contributed by atoms with Crippen LogP contribution in [0, 0.1) is 0 Å². The summed E-state index contributed by atoms with van der Waals surface area (Å²) in [7, 11) is 0. The van der Waals surface area contributed by atoms with Gasteiger partial charge in [0.05, 0.1) is 5.75 Å². The summed E-state index contributed by atoms with van der Waals surface area (Å²) < 4.78 is 0. The highest BCUT2D eigenvalue weighted by Crippen LogP contribution is 2.15. The highest BCUT2D eigenvalue weighted by Gasteiger charge is 2.02. The molecule has 0 fully saturated rings. The second-order valence-corrected chi connectivity index (χ2v) is 4.52. The monoisotopic (exact) mass is 247 g/mol. The van der Waals surface area contributed by atoms with E-state index in [1.807, 2.05) is 30.6 Å². The summed E-state index contributed by atoms with van der Waals surface area (Å²) in [6.07, 6.45) is 7.16. The van der Waals surface area contributed by atoms with Crippen LogP contribution in [0.15, 0.2) is 47.9 Å². The third-order valence-corrected chi connectivity index (χ3v) is 3.18. The van der Waals surface area contributed by atoms with E-state index in [4.69, 9.17) is 0 Å². The Hall–Kier alpha value is -1.75. The van der Waals surface area contributed by atoms with Gasteiger partial charge in [0.1, 0.15) is 0 Å². The van der Waals surface area contributed by atoms with Crippen LogP contribution in [0.5, 0.6) is 0 Å². The SMILES string of the molecule is O=C(CSc1ccncc1)NCc1cc[nH]c1. The molecule has 0 aliphatic carbocycles. The third-order valence-electron chi connectivity index (χ3n) is 2.17. The summed E-state index contributed by atoms with van der Waals surface area (Å²) in [4.78, 5) is 19.5.